The molecule has 0 saturated heterocycles. The zero-order valence-electron chi connectivity index (χ0n) is 15.9. The summed E-state index contributed by atoms with van der Waals surface area (Å²) < 4.78 is 5.61. The minimum atomic E-state index is -0.158. The SMILES string of the molecule is O=c1[nH]c(-c2ccncc2)nc2c1CN(Cc1coc3ccc(Cl)cc3c1=O)CC2. The average Bonchev–Trinajstić information content (AvgIpc) is 2.77. The van der Waals surface area contributed by atoms with Crippen LogP contribution in [-0.2, 0) is 19.5 Å². The zero-order chi connectivity index (χ0) is 20.7. The predicted octanol–water partition coefficient (Wildman–Crippen LogP) is 3.15. The van der Waals surface area contributed by atoms with E-state index < -0.39 is 0 Å². The van der Waals surface area contributed by atoms with Gasteiger partial charge in [-0.15, -0.1) is 0 Å². The fourth-order valence-electron chi connectivity index (χ4n) is 3.76. The largest absolute Gasteiger partial charge is 0.464 e. The third-order valence-electron chi connectivity index (χ3n) is 5.30. The van der Waals surface area contributed by atoms with Crippen molar-refractivity contribution in [1.29, 1.82) is 0 Å². The van der Waals surface area contributed by atoms with E-state index in [9.17, 15) is 9.59 Å². The first kappa shape index (κ1) is 18.7. The summed E-state index contributed by atoms with van der Waals surface area (Å²) in [6, 6.07) is 8.61. The van der Waals surface area contributed by atoms with E-state index in [0.29, 0.717) is 59.0 Å². The number of nitrogens with one attached hydrogen (secondary N) is 1. The second-order valence-corrected chi connectivity index (χ2v) is 7.70. The monoisotopic (exact) mass is 420 g/mol. The van der Waals surface area contributed by atoms with Crippen molar-refractivity contribution in [3.05, 3.63) is 91.4 Å². The van der Waals surface area contributed by atoms with Crippen LogP contribution in [0.25, 0.3) is 22.4 Å². The highest BCUT2D eigenvalue weighted by Gasteiger charge is 2.22. The van der Waals surface area contributed by atoms with E-state index in [1.54, 1.807) is 30.6 Å². The van der Waals surface area contributed by atoms with Crippen LogP contribution >= 0.6 is 11.6 Å². The van der Waals surface area contributed by atoms with E-state index in [4.69, 9.17) is 16.0 Å². The summed E-state index contributed by atoms with van der Waals surface area (Å²) in [4.78, 5) is 39.1. The van der Waals surface area contributed by atoms with Gasteiger partial charge < -0.3 is 9.40 Å². The van der Waals surface area contributed by atoms with E-state index in [0.717, 1.165) is 11.3 Å². The Balaban J connectivity index is 1.43. The van der Waals surface area contributed by atoms with Gasteiger partial charge in [0.15, 0.2) is 5.43 Å². The Morgan fingerprint density at radius 3 is 2.83 bits per heavy atom. The summed E-state index contributed by atoms with van der Waals surface area (Å²) >= 11 is 6.03. The van der Waals surface area contributed by atoms with Crippen LogP contribution in [-0.4, -0.2) is 26.4 Å². The molecule has 0 unspecified atom stereocenters. The van der Waals surface area contributed by atoms with Crippen molar-refractivity contribution in [3.8, 4) is 11.4 Å². The molecule has 5 rings (SSSR count). The molecule has 8 heteroatoms. The molecular formula is C22H17ClN4O3. The fraction of sp³-hybridized carbons (Fsp3) is 0.182. The Labute approximate surface area is 176 Å². The molecule has 1 aromatic carbocycles. The van der Waals surface area contributed by atoms with Gasteiger partial charge >= 0.3 is 0 Å². The molecule has 30 heavy (non-hydrogen) atoms. The maximum absolute atomic E-state index is 12.8. The van der Waals surface area contributed by atoms with E-state index in [-0.39, 0.29) is 11.0 Å². The average molecular weight is 421 g/mol. The molecule has 4 aromatic rings. The van der Waals surface area contributed by atoms with E-state index in [1.165, 1.54) is 6.26 Å². The van der Waals surface area contributed by atoms with Crippen molar-refractivity contribution in [2.24, 2.45) is 0 Å². The molecule has 0 fully saturated rings. The van der Waals surface area contributed by atoms with Gasteiger partial charge in [-0.3, -0.25) is 19.5 Å². The zero-order valence-corrected chi connectivity index (χ0v) is 16.6. The smallest absolute Gasteiger partial charge is 0.255 e. The van der Waals surface area contributed by atoms with Crippen molar-refractivity contribution in [2.75, 3.05) is 6.54 Å². The van der Waals surface area contributed by atoms with Crippen LogP contribution < -0.4 is 11.0 Å². The Kier molecular flexibility index (Phi) is 4.69. The number of halogens is 1. The Hall–Kier alpha value is -3.29. The summed E-state index contributed by atoms with van der Waals surface area (Å²) in [6.07, 6.45) is 5.45. The first-order valence-electron chi connectivity index (χ1n) is 9.53. The number of aromatic nitrogens is 3. The Morgan fingerprint density at radius 1 is 1.17 bits per heavy atom. The molecule has 0 bridgehead atoms. The molecule has 0 aliphatic carbocycles. The van der Waals surface area contributed by atoms with Gasteiger partial charge in [0.2, 0.25) is 0 Å². The van der Waals surface area contributed by atoms with Crippen LogP contribution in [0.4, 0.5) is 0 Å². The fourth-order valence-corrected chi connectivity index (χ4v) is 3.93. The molecular weight excluding hydrogens is 404 g/mol. The number of nitrogens with zero attached hydrogens (tertiary/aromatic N) is 3. The standard InChI is InChI=1S/C22H17ClN4O3/c23-15-1-2-19-16(9-15)20(28)14(12-30-19)10-27-8-5-18-17(11-27)22(29)26-21(25-18)13-3-6-24-7-4-13/h1-4,6-7,9,12H,5,8,10-11H2,(H,25,26,29). The molecule has 150 valence electrons. The molecule has 4 heterocycles. The number of aromatic amines is 1. The van der Waals surface area contributed by atoms with Crippen LogP contribution in [0.1, 0.15) is 16.8 Å². The van der Waals surface area contributed by atoms with Crippen molar-refractivity contribution in [2.45, 2.75) is 19.5 Å². The van der Waals surface area contributed by atoms with Crippen LogP contribution in [0.15, 0.2) is 63.0 Å². The molecule has 3 aromatic heterocycles. The van der Waals surface area contributed by atoms with E-state index in [1.807, 2.05) is 17.0 Å². The maximum Gasteiger partial charge on any atom is 0.255 e. The van der Waals surface area contributed by atoms with Crippen molar-refractivity contribution in [1.82, 2.24) is 19.9 Å². The molecule has 0 spiro atoms. The van der Waals surface area contributed by atoms with Gasteiger partial charge in [-0.25, -0.2) is 4.98 Å². The van der Waals surface area contributed by atoms with Crippen molar-refractivity contribution >= 4 is 22.6 Å². The van der Waals surface area contributed by atoms with Gasteiger partial charge in [-0.05, 0) is 30.3 Å². The number of fused-ring (bicyclic) bond motifs is 2. The number of hydrogen-bond acceptors (Lipinski definition) is 6. The second kappa shape index (κ2) is 7.51. The summed E-state index contributed by atoms with van der Waals surface area (Å²) in [5, 5.41) is 0.945. The Bertz CT molecular complexity index is 1360. The van der Waals surface area contributed by atoms with E-state index >= 15 is 0 Å². The van der Waals surface area contributed by atoms with Crippen LogP contribution in [0, 0.1) is 0 Å². The lowest BCUT2D eigenvalue weighted by molar-refractivity contribution is 0.239. The summed E-state index contributed by atoms with van der Waals surface area (Å²) in [5.74, 6) is 0.543. The van der Waals surface area contributed by atoms with E-state index in [2.05, 4.69) is 15.0 Å². The van der Waals surface area contributed by atoms with Crippen molar-refractivity contribution in [3.63, 3.8) is 0 Å². The van der Waals surface area contributed by atoms with Gasteiger partial charge in [0.05, 0.1) is 22.9 Å². The lowest BCUT2D eigenvalue weighted by atomic mass is 10.1. The summed E-state index contributed by atoms with van der Waals surface area (Å²) in [6.45, 7) is 1.49. The van der Waals surface area contributed by atoms with Gasteiger partial charge in [0, 0.05) is 54.6 Å². The predicted molar refractivity (Wildman–Crippen MR) is 113 cm³/mol. The third-order valence-corrected chi connectivity index (χ3v) is 5.54. The number of H-pyrrole nitrogens is 1. The first-order valence-corrected chi connectivity index (χ1v) is 9.91. The number of hydrogen-bond donors (Lipinski definition) is 1. The van der Waals surface area contributed by atoms with Crippen molar-refractivity contribution < 1.29 is 4.42 Å². The minimum Gasteiger partial charge on any atom is -0.464 e. The lowest BCUT2D eigenvalue weighted by Gasteiger charge is -2.27. The number of pyridine rings is 1. The van der Waals surface area contributed by atoms with Crippen LogP contribution in [0.2, 0.25) is 5.02 Å². The molecule has 0 atom stereocenters. The maximum atomic E-state index is 12.8. The molecule has 1 N–H and O–H groups in total. The topological polar surface area (TPSA) is 92.1 Å². The first-order chi connectivity index (χ1) is 14.6. The summed E-state index contributed by atoms with van der Waals surface area (Å²) in [7, 11) is 0. The normalized spacial score (nSPS) is 14.0. The number of rotatable bonds is 3. The Morgan fingerprint density at radius 2 is 2.00 bits per heavy atom. The molecule has 0 radical (unpaired) electrons. The van der Waals surface area contributed by atoms with Gasteiger partial charge in [0.25, 0.3) is 5.56 Å². The summed E-state index contributed by atoms with van der Waals surface area (Å²) in [5.41, 5.74) is 3.01. The van der Waals surface area contributed by atoms with Gasteiger partial charge in [-0.1, -0.05) is 11.6 Å². The van der Waals surface area contributed by atoms with Gasteiger partial charge in [0.1, 0.15) is 11.4 Å². The van der Waals surface area contributed by atoms with Gasteiger partial charge in [-0.2, -0.15) is 0 Å². The minimum absolute atomic E-state index is 0.107. The quantitative estimate of drug-likeness (QED) is 0.547. The van der Waals surface area contributed by atoms with Crippen LogP contribution in [0.5, 0.6) is 0 Å². The highest BCUT2D eigenvalue weighted by Crippen LogP contribution is 2.21. The molecule has 0 amide bonds. The second-order valence-electron chi connectivity index (χ2n) is 7.27. The lowest BCUT2D eigenvalue weighted by Crippen LogP contribution is -2.36. The molecule has 7 nitrogen and oxygen atoms in total. The number of benzene rings is 1. The highest BCUT2D eigenvalue weighted by molar-refractivity contribution is 6.31. The third kappa shape index (κ3) is 3.42. The molecule has 1 aliphatic heterocycles. The molecule has 0 saturated carbocycles. The van der Waals surface area contributed by atoms with Crippen LogP contribution in [0.3, 0.4) is 0 Å². The molecule has 1 aliphatic rings. The highest BCUT2D eigenvalue weighted by atomic mass is 35.5.